The Morgan fingerprint density at radius 3 is 2.67 bits per heavy atom. The lowest BCUT2D eigenvalue weighted by Crippen LogP contribution is -2.17. The van der Waals surface area contributed by atoms with E-state index in [-0.39, 0.29) is 0 Å². The van der Waals surface area contributed by atoms with Crippen molar-refractivity contribution in [3.8, 4) is 0 Å². The summed E-state index contributed by atoms with van der Waals surface area (Å²) in [5, 5.41) is 0.874. The number of pyridine rings is 2. The van der Waals surface area contributed by atoms with Crippen molar-refractivity contribution in [2.45, 2.75) is 13.1 Å². The van der Waals surface area contributed by atoms with Crippen molar-refractivity contribution >= 4 is 23.2 Å². The van der Waals surface area contributed by atoms with E-state index in [9.17, 15) is 0 Å². The van der Waals surface area contributed by atoms with Gasteiger partial charge in [-0.15, -0.1) is 0 Å². The Morgan fingerprint density at radius 2 is 2.00 bits per heavy atom. The molecule has 2 rings (SSSR count). The summed E-state index contributed by atoms with van der Waals surface area (Å²) in [5.74, 6) is 0. The molecule has 0 aliphatic carbocycles. The van der Waals surface area contributed by atoms with Crippen LogP contribution in [0.1, 0.15) is 11.1 Å². The van der Waals surface area contributed by atoms with E-state index >= 15 is 0 Å². The molecule has 3 nitrogen and oxygen atoms in total. The Bertz CT molecular complexity index is 517. The molecular weight excluding hydrogens is 269 g/mol. The Balaban J connectivity index is 2.01. The van der Waals surface area contributed by atoms with Crippen LogP contribution in [-0.2, 0) is 13.1 Å². The van der Waals surface area contributed by atoms with Crippen molar-refractivity contribution in [3.63, 3.8) is 0 Å². The molecule has 0 saturated carbocycles. The Morgan fingerprint density at radius 1 is 1.17 bits per heavy atom. The van der Waals surface area contributed by atoms with Gasteiger partial charge in [0.25, 0.3) is 0 Å². The summed E-state index contributed by atoms with van der Waals surface area (Å²) in [6.07, 6.45) is 3.63. The minimum Gasteiger partial charge on any atom is -0.298 e. The highest BCUT2D eigenvalue weighted by Crippen LogP contribution is 2.18. The first-order chi connectivity index (χ1) is 8.65. The summed E-state index contributed by atoms with van der Waals surface area (Å²) in [6, 6.07) is 7.63. The molecule has 0 spiro atoms. The van der Waals surface area contributed by atoms with E-state index in [0.29, 0.717) is 10.3 Å². The van der Waals surface area contributed by atoms with Crippen LogP contribution in [0.4, 0.5) is 0 Å². The lowest BCUT2D eigenvalue weighted by atomic mass is 10.2. The third-order valence-electron chi connectivity index (χ3n) is 2.51. The quantitative estimate of drug-likeness (QED) is 0.805. The van der Waals surface area contributed by atoms with E-state index in [1.165, 1.54) is 0 Å². The lowest BCUT2D eigenvalue weighted by molar-refractivity contribution is 0.318. The van der Waals surface area contributed by atoms with Gasteiger partial charge < -0.3 is 0 Å². The maximum atomic E-state index is 6.04. The molecule has 5 heteroatoms. The van der Waals surface area contributed by atoms with Crippen LogP contribution >= 0.6 is 23.2 Å². The Labute approximate surface area is 116 Å². The van der Waals surface area contributed by atoms with Crippen LogP contribution in [-0.4, -0.2) is 21.9 Å². The molecule has 0 unspecified atom stereocenters. The molecule has 2 aromatic heterocycles. The smallest absolute Gasteiger partial charge is 0.135 e. The van der Waals surface area contributed by atoms with Crippen molar-refractivity contribution in [3.05, 3.63) is 58.1 Å². The van der Waals surface area contributed by atoms with Gasteiger partial charge >= 0.3 is 0 Å². The number of hydrogen-bond acceptors (Lipinski definition) is 3. The zero-order chi connectivity index (χ0) is 13.0. The van der Waals surface area contributed by atoms with Crippen LogP contribution in [0.3, 0.4) is 0 Å². The summed E-state index contributed by atoms with van der Waals surface area (Å²) >= 11 is 11.8. The Kier molecular flexibility index (Phi) is 4.53. The van der Waals surface area contributed by atoms with E-state index < -0.39 is 0 Å². The third-order valence-corrected chi connectivity index (χ3v) is 3.05. The van der Waals surface area contributed by atoms with Crippen LogP contribution in [0.25, 0.3) is 0 Å². The highest BCUT2D eigenvalue weighted by Gasteiger charge is 2.07. The molecule has 0 aliphatic heterocycles. The first kappa shape index (κ1) is 13.3. The largest absolute Gasteiger partial charge is 0.298 e. The topological polar surface area (TPSA) is 29.0 Å². The first-order valence-electron chi connectivity index (χ1n) is 5.53. The van der Waals surface area contributed by atoms with E-state index in [1.807, 2.05) is 31.4 Å². The predicted octanol–water partition coefficient (Wildman–Crippen LogP) is 3.42. The van der Waals surface area contributed by atoms with Crippen molar-refractivity contribution < 1.29 is 0 Å². The van der Waals surface area contributed by atoms with Crippen LogP contribution in [0.5, 0.6) is 0 Å². The van der Waals surface area contributed by atoms with Gasteiger partial charge in [-0.1, -0.05) is 35.3 Å². The van der Waals surface area contributed by atoms with Gasteiger partial charge in [0.15, 0.2) is 0 Å². The minimum absolute atomic E-state index is 0.415. The average Bonchev–Trinajstić information content (AvgIpc) is 2.34. The van der Waals surface area contributed by atoms with Crippen LogP contribution in [0.15, 0.2) is 36.7 Å². The zero-order valence-electron chi connectivity index (χ0n) is 9.98. The third kappa shape index (κ3) is 3.67. The molecular formula is C13H13Cl2N3. The molecule has 18 heavy (non-hydrogen) atoms. The number of aromatic nitrogens is 2. The van der Waals surface area contributed by atoms with Gasteiger partial charge in [-0.2, -0.15) is 0 Å². The van der Waals surface area contributed by atoms with Crippen LogP contribution in [0.2, 0.25) is 10.3 Å². The van der Waals surface area contributed by atoms with Gasteiger partial charge in [0.1, 0.15) is 10.3 Å². The fraction of sp³-hybridized carbons (Fsp3) is 0.231. The van der Waals surface area contributed by atoms with Gasteiger partial charge in [0.05, 0.1) is 0 Å². The van der Waals surface area contributed by atoms with Crippen LogP contribution < -0.4 is 0 Å². The minimum atomic E-state index is 0.415. The normalized spacial score (nSPS) is 10.9. The number of halogens is 2. The molecule has 0 N–H and O–H groups in total. The predicted molar refractivity (Wildman–Crippen MR) is 73.7 cm³/mol. The van der Waals surface area contributed by atoms with E-state index in [1.54, 1.807) is 12.3 Å². The molecule has 0 saturated heterocycles. The second-order valence-corrected chi connectivity index (χ2v) is 4.86. The fourth-order valence-electron chi connectivity index (χ4n) is 1.71. The van der Waals surface area contributed by atoms with E-state index in [2.05, 4.69) is 14.9 Å². The lowest BCUT2D eigenvalue weighted by Gasteiger charge is -2.17. The van der Waals surface area contributed by atoms with Crippen molar-refractivity contribution in [2.75, 3.05) is 7.05 Å². The second kappa shape index (κ2) is 6.14. The van der Waals surface area contributed by atoms with Gasteiger partial charge in [0.2, 0.25) is 0 Å². The summed E-state index contributed by atoms with van der Waals surface area (Å²) in [6.45, 7) is 1.53. The van der Waals surface area contributed by atoms with Crippen LogP contribution in [0, 0.1) is 0 Å². The fourth-order valence-corrected chi connectivity index (χ4v) is 2.11. The molecule has 0 aliphatic rings. The number of hydrogen-bond donors (Lipinski definition) is 0. The zero-order valence-corrected chi connectivity index (χ0v) is 11.5. The average molecular weight is 282 g/mol. The highest BCUT2D eigenvalue weighted by atomic mass is 35.5. The van der Waals surface area contributed by atoms with E-state index in [0.717, 1.165) is 24.2 Å². The van der Waals surface area contributed by atoms with E-state index in [4.69, 9.17) is 23.2 Å². The molecule has 0 fully saturated rings. The number of rotatable bonds is 4. The second-order valence-electron chi connectivity index (χ2n) is 4.12. The molecule has 0 atom stereocenters. The first-order valence-corrected chi connectivity index (χ1v) is 6.29. The van der Waals surface area contributed by atoms with Gasteiger partial charge in [0, 0.05) is 31.0 Å². The monoisotopic (exact) mass is 281 g/mol. The summed E-state index contributed by atoms with van der Waals surface area (Å²) in [5.41, 5.74) is 2.13. The van der Waals surface area contributed by atoms with Crippen molar-refractivity contribution in [1.82, 2.24) is 14.9 Å². The maximum absolute atomic E-state index is 6.04. The summed E-state index contributed by atoms with van der Waals surface area (Å²) in [4.78, 5) is 10.3. The van der Waals surface area contributed by atoms with Crippen molar-refractivity contribution in [1.29, 1.82) is 0 Å². The molecule has 94 valence electrons. The molecule has 0 bridgehead atoms. The molecule has 0 amide bonds. The van der Waals surface area contributed by atoms with Gasteiger partial charge in [-0.3, -0.25) is 9.88 Å². The highest BCUT2D eigenvalue weighted by molar-refractivity contribution is 6.32. The summed E-state index contributed by atoms with van der Waals surface area (Å²) < 4.78 is 0. The molecule has 2 aromatic rings. The standard InChI is InChI=1S/C13H13Cl2N3/c1-18(8-10-3-2-6-16-7-10)9-11-4-5-12(14)17-13(11)15/h2-7H,8-9H2,1H3. The van der Waals surface area contributed by atoms with Gasteiger partial charge in [-0.05, 0) is 24.7 Å². The maximum Gasteiger partial charge on any atom is 0.135 e. The Hall–Kier alpha value is -1.16. The molecule has 2 heterocycles. The SMILES string of the molecule is CN(Cc1cccnc1)Cc1ccc(Cl)nc1Cl. The van der Waals surface area contributed by atoms with Gasteiger partial charge in [-0.25, -0.2) is 4.98 Å². The number of nitrogens with zero attached hydrogens (tertiary/aromatic N) is 3. The summed E-state index contributed by atoms with van der Waals surface area (Å²) in [7, 11) is 2.03. The molecule has 0 aromatic carbocycles. The molecule has 0 radical (unpaired) electrons. The van der Waals surface area contributed by atoms with Crippen molar-refractivity contribution in [2.24, 2.45) is 0 Å².